The van der Waals surface area contributed by atoms with Gasteiger partial charge in [0.05, 0.1) is 23.0 Å². The number of carbonyl (C=O) groups excluding carboxylic acids is 1. The zero-order valence-corrected chi connectivity index (χ0v) is 15.2. The van der Waals surface area contributed by atoms with E-state index in [9.17, 15) is 4.79 Å². The van der Waals surface area contributed by atoms with E-state index in [-0.39, 0.29) is 29.3 Å². The topological polar surface area (TPSA) is 64.2 Å². The second-order valence-electron chi connectivity index (χ2n) is 7.43. The van der Waals surface area contributed by atoms with Gasteiger partial charge in [-0.05, 0) is 45.6 Å². The largest absolute Gasteiger partial charge is 0.338 e. The highest BCUT2D eigenvalue weighted by Gasteiger charge is 2.36. The van der Waals surface area contributed by atoms with Crippen molar-refractivity contribution < 1.29 is 4.79 Å². The first kappa shape index (κ1) is 19.0. The molecule has 1 aromatic heterocycles. The van der Waals surface area contributed by atoms with E-state index in [0.29, 0.717) is 6.54 Å². The number of likely N-dealkylation sites (tertiary alicyclic amines) is 1. The van der Waals surface area contributed by atoms with Crippen molar-refractivity contribution in [2.45, 2.75) is 53.0 Å². The zero-order valence-electron chi connectivity index (χ0n) is 14.3. The Labute approximate surface area is 139 Å². The molecule has 0 radical (unpaired) electrons. The molecule has 2 rings (SSSR count). The van der Waals surface area contributed by atoms with Crippen molar-refractivity contribution in [3.63, 3.8) is 0 Å². The smallest absolute Gasteiger partial charge is 0.257 e. The summed E-state index contributed by atoms with van der Waals surface area (Å²) in [4.78, 5) is 14.7. The highest BCUT2D eigenvalue weighted by atomic mass is 35.5. The maximum absolute atomic E-state index is 12.8. The third-order valence-corrected chi connectivity index (χ3v) is 4.41. The molecule has 126 valence electrons. The second kappa shape index (κ2) is 6.59. The van der Waals surface area contributed by atoms with Gasteiger partial charge < -0.3 is 10.6 Å². The molecular formula is C16H29ClN4O. The van der Waals surface area contributed by atoms with Gasteiger partial charge in [0.15, 0.2) is 0 Å². The number of nitrogens with two attached hydrogens (primary N) is 1. The molecule has 1 saturated heterocycles. The molecule has 1 aliphatic heterocycles. The summed E-state index contributed by atoms with van der Waals surface area (Å²) in [5.74, 6) is 0.0968. The van der Waals surface area contributed by atoms with Gasteiger partial charge in [-0.1, -0.05) is 13.8 Å². The van der Waals surface area contributed by atoms with Crippen LogP contribution >= 0.6 is 12.4 Å². The van der Waals surface area contributed by atoms with Crippen molar-refractivity contribution in [3.8, 4) is 0 Å². The van der Waals surface area contributed by atoms with Gasteiger partial charge in [0.25, 0.3) is 5.91 Å². The Bertz CT molecular complexity index is 535. The molecule has 0 spiro atoms. The number of halogens is 1. The van der Waals surface area contributed by atoms with Crippen LogP contribution in [0.25, 0.3) is 0 Å². The molecule has 1 amide bonds. The maximum Gasteiger partial charge on any atom is 0.257 e. The van der Waals surface area contributed by atoms with Gasteiger partial charge in [0.1, 0.15) is 0 Å². The minimum atomic E-state index is -0.110. The van der Waals surface area contributed by atoms with Crippen LogP contribution in [0, 0.1) is 5.41 Å². The average molecular weight is 329 g/mol. The number of hydrogen-bond donors (Lipinski definition) is 1. The highest BCUT2D eigenvalue weighted by Crippen LogP contribution is 2.30. The second-order valence-corrected chi connectivity index (χ2v) is 7.43. The Morgan fingerprint density at radius 1 is 1.45 bits per heavy atom. The van der Waals surface area contributed by atoms with Gasteiger partial charge in [-0.15, -0.1) is 12.4 Å². The molecule has 22 heavy (non-hydrogen) atoms. The van der Waals surface area contributed by atoms with Crippen LogP contribution in [0.3, 0.4) is 0 Å². The average Bonchev–Trinajstić information content (AvgIpc) is 3.01. The van der Waals surface area contributed by atoms with Gasteiger partial charge in [0, 0.05) is 13.1 Å². The number of amides is 1. The Kier molecular flexibility index (Phi) is 5.68. The monoisotopic (exact) mass is 328 g/mol. The highest BCUT2D eigenvalue weighted by molar-refractivity contribution is 5.95. The number of rotatable bonds is 3. The van der Waals surface area contributed by atoms with E-state index in [1.165, 1.54) is 0 Å². The number of carbonyl (C=O) groups is 1. The van der Waals surface area contributed by atoms with Gasteiger partial charge in [-0.25, -0.2) is 0 Å². The standard InChI is InChI=1S/C16H28N4O.ClH/c1-6-13-12(9-18-20(13)15(2,3)4)14(21)19-8-7-16(5,10-17)11-19;/h9H,6-8,10-11,17H2,1-5H3;1H. The predicted molar refractivity (Wildman–Crippen MR) is 91.5 cm³/mol. The van der Waals surface area contributed by atoms with Gasteiger partial charge in [-0.2, -0.15) is 5.10 Å². The lowest BCUT2D eigenvalue weighted by molar-refractivity contribution is 0.0775. The minimum Gasteiger partial charge on any atom is -0.338 e. The van der Waals surface area contributed by atoms with Crippen LogP contribution in [-0.4, -0.2) is 40.2 Å². The Balaban J connectivity index is 0.00000242. The molecule has 2 N–H and O–H groups in total. The lowest BCUT2D eigenvalue weighted by Crippen LogP contribution is -2.35. The van der Waals surface area contributed by atoms with Crippen molar-refractivity contribution in [1.82, 2.24) is 14.7 Å². The molecular weight excluding hydrogens is 300 g/mol. The molecule has 5 nitrogen and oxygen atoms in total. The summed E-state index contributed by atoms with van der Waals surface area (Å²) in [6, 6.07) is 0. The fourth-order valence-electron chi connectivity index (χ4n) is 3.00. The van der Waals surface area contributed by atoms with Gasteiger partial charge in [0.2, 0.25) is 0 Å². The van der Waals surface area contributed by atoms with Gasteiger partial charge >= 0.3 is 0 Å². The van der Waals surface area contributed by atoms with Crippen LogP contribution in [0.5, 0.6) is 0 Å². The summed E-state index contributed by atoms with van der Waals surface area (Å²) in [5, 5.41) is 4.45. The normalized spacial score (nSPS) is 21.8. The molecule has 1 unspecified atom stereocenters. The summed E-state index contributed by atoms with van der Waals surface area (Å²) in [6.45, 7) is 12.7. The first-order chi connectivity index (χ1) is 9.72. The van der Waals surface area contributed by atoms with Crippen LogP contribution in [0.15, 0.2) is 6.20 Å². The van der Waals surface area contributed by atoms with E-state index in [0.717, 1.165) is 37.2 Å². The summed E-state index contributed by atoms with van der Waals surface area (Å²) >= 11 is 0. The SMILES string of the molecule is CCc1c(C(=O)N2CCC(C)(CN)C2)cnn1C(C)(C)C.Cl. The quantitative estimate of drug-likeness (QED) is 0.926. The predicted octanol–water partition coefficient (Wildman–Crippen LogP) is 2.43. The zero-order chi connectivity index (χ0) is 15.8. The summed E-state index contributed by atoms with van der Waals surface area (Å²) in [7, 11) is 0. The fraction of sp³-hybridized carbons (Fsp3) is 0.750. The Hall–Kier alpha value is -1.07. The third-order valence-electron chi connectivity index (χ3n) is 4.41. The third kappa shape index (κ3) is 3.46. The van der Waals surface area contributed by atoms with Crippen LogP contribution in [-0.2, 0) is 12.0 Å². The van der Waals surface area contributed by atoms with E-state index in [1.54, 1.807) is 6.20 Å². The van der Waals surface area contributed by atoms with Crippen LogP contribution in [0.4, 0.5) is 0 Å². The first-order valence-electron chi connectivity index (χ1n) is 7.78. The van der Waals surface area contributed by atoms with Crippen LogP contribution in [0.1, 0.15) is 57.1 Å². The van der Waals surface area contributed by atoms with E-state index in [1.807, 2.05) is 9.58 Å². The van der Waals surface area contributed by atoms with Crippen LogP contribution < -0.4 is 5.73 Å². The molecule has 0 aromatic carbocycles. The molecule has 0 saturated carbocycles. The molecule has 1 aliphatic rings. The Morgan fingerprint density at radius 2 is 2.09 bits per heavy atom. The van der Waals surface area contributed by atoms with Gasteiger partial charge in [-0.3, -0.25) is 9.48 Å². The van der Waals surface area contributed by atoms with Crippen LogP contribution in [0.2, 0.25) is 0 Å². The molecule has 1 aromatic rings. The maximum atomic E-state index is 12.8. The van der Waals surface area contributed by atoms with Crippen molar-refractivity contribution in [2.24, 2.45) is 11.1 Å². The molecule has 0 aliphatic carbocycles. The molecule has 1 atom stereocenters. The summed E-state index contributed by atoms with van der Waals surface area (Å²) in [5.41, 5.74) is 7.55. The van der Waals surface area contributed by atoms with E-state index >= 15 is 0 Å². The summed E-state index contributed by atoms with van der Waals surface area (Å²) < 4.78 is 1.97. The van der Waals surface area contributed by atoms with E-state index < -0.39 is 0 Å². The lowest BCUT2D eigenvalue weighted by atomic mass is 9.90. The fourth-order valence-corrected chi connectivity index (χ4v) is 3.00. The van der Waals surface area contributed by atoms with E-state index in [2.05, 4.69) is 39.7 Å². The Morgan fingerprint density at radius 3 is 2.55 bits per heavy atom. The summed E-state index contributed by atoms with van der Waals surface area (Å²) in [6.07, 6.45) is 3.51. The molecule has 6 heteroatoms. The lowest BCUT2D eigenvalue weighted by Gasteiger charge is -2.24. The van der Waals surface area contributed by atoms with Crippen molar-refractivity contribution >= 4 is 18.3 Å². The van der Waals surface area contributed by atoms with Crippen molar-refractivity contribution in [1.29, 1.82) is 0 Å². The molecule has 1 fully saturated rings. The first-order valence-corrected chi connectivity index (χ1v) is 7.78. The number of nitrogens with zero attached hydrogens (tertiary/aromatic N) is 3. The van der Waals surface area contributed by atoms with Crippen molar-refractivity contribution in [3.05, 3.63) is 17.5 Å². The van der Waals surface area contributed by atoms with E-state index in [4.69, 9.17) is 5.73 Å². The molecule has 2 heterocycles. The minimum absolute atomic E-state index is 0. The molecule has 0 bridgehead atoms. The number of aromatic nitrogens is 2. The van der Waals surface area contributed by atoms with Crippen molar-refractivity contribution in [2.75, 3.05) is 19.6 Å². The number of hydrogen-bond acceptors (Lipinski definition) is 3.